The van der Waals surface area contributed by atoms with Gasteiger partial charge in [0.15, 0.2) is 0 Å². The molecule has 0 saturated carbocycles. The molecule has 0 amide bonds. The van der Waals surface area contributed by atoms with E-state index in [0.29, 0.717) is 0 Å². The van der Waals surface area contributed by atoms with Gasteiger partial charge >= 0.3 is 0 Å². The average molecular weight is 428 g/mol. The van der Waals surface area contributed by atoms with E-state index in [1.807, 2.05) is 24.5 Å². The first-order chi connectivity index (χ1) is 15.9. The van der Waals surface area contributed by atoms with Crippen molar-refractivity contribution >= 4 is 54.1 Å². The van der Waals surface area contributed by atoms with Gasteiger partial charge in [-0.15, -0.1) is 11.3 Å². The van der Waals surface area contributed by atoms with Gasteiger partial charge in [0.1, 0.15) is 5.82 Å². The van der Waals surface area contributed by atoms with Crippen LogP contribution in [0.25, 0.3) is 59.7 Å². The van der Waals surface area contributed by atoms with Gasteiger partial charge in [0.05, 0.1) is 16.6 Å². The number of fused-ring (bicyclic) bond motifs is 6. The van der Waals surface area contributed by atoms with Crippen LogP contribution in [-0.4, -0.2) is 14.5 Å². The van der Waals surface area contributed by atoms with Crippen LogP contribution in [0.5, 0.6) is 0 Å². The van der Waals surface area contributed by atoms with E-state index in [-0.39, 0.29) is 0 Å². The molecule has 32 heavy (non-hydrogen) atoms. The van der Waals surface area contributed by atoms with E-state index in [1.54, 1.807) is 11.3 Å². The maximum Gasteiger partial charge on any atom is 0.138 e. The van der Waals surface area contributed by atoms with Crippen molar-refractivity contribution in [3.05, 3.63) is 103 Å². The molecule has 3 nitrogen and oxygen atoms in total. The van der Waals surface area contributed by atoms with Crippen LogP contribution in [0.4, 0.5) is 0 Å². The second-order valence-electron chi connectivity index (χ2n) is 7.93. The lowest BCUT2D eigenvalue weighted by Gasteiger charge is -2.13. The van der Waals surface area contributed by atoms with Crippen LogP contribution < -0.4 is 0 Å². The largest absolute Gasteiger partial charge is 0.293 e. The molecule has 150 valence electrons. The van der Waals surface area contributed by atoms with E-state index < -0.39 is 0 Å². The molecule has 4 heterocycles. The zero-order valence-corrected chi connectivity index (χ0v) is 17.9. The monoisotopic (exact) mass is 427 g/mol. The fourth-order valence-corrected chi connectivity index (χ4v) is 5.56. The van der Waals surface area contributed by atoms with E-state index in [1.165, 1.54) is 31.9 Å². The summed E-state index contributed by atoms with van der Waals surface area (Å²) in [6, 6.07) is 30.0. The number of benzene rings is 3. The number of para-hydroxylation sites is 1. The quantitative estimate of drug-likeness (QED) is 0.284. The Hall–Kier alpha value is -4.02. The first-order valence-corrected chi connectivity index (χ1v) is 11.5. The van der Waals surface area contributed by atoms with E-state index in [4.69, 9.17) is 4.98 Å². The Morgan fingerprint density at radius 3 is 2.53 bits per heavy atom. The molecule has 7 aromatic rings. The summed E-state index contributed by atoms with van der Waals surface area (Å²) in [5, 5.41) is 6.99. The summed E-state index contributed by atoms with van der Waals surface area (Å²) in [5.41, 5.74) is 5.63. The van der Waals surface area contributed by atoms with E-state index in [0.717, 1.165) is 27.8 Å². The Bertz CT molecular complexity index is 1780. The van der Waals surface area contributed by atoms with Gasteiger partial charge in [0, 0.05) is 38.6 Å². The lowest BCUT2D eigenvalue weighted by molar-refractivity contribution is 1.10. The number of pyridine rings is 2. The topological polar surface area (TPSA) is 30.7 Å². The molecule has 0 fully saturated rings. The molecule has 0 bridgehead atoms. The molecular weight excluding hydrogens is 410 g/mol. The Balaban J connectivity index is 1.67. The molecule has 4 heteroatoms. The van der Waals surface area contributed by atoms with Gasteiger partial charge in [-0.1, -0.05) is 54.6 Å². The van der Waals surface area contributed by atoms with E-state index in [9.17, 15) is 0 Å². The van der Waals surface area contributed by atoms with E-state index >= 15 is 0 Å². The van der Waals surface area contributed by atoms with Gasteiger partial charge in [0.25, 0.3) is 0 Å². The third kappa shape index (κ3) is 2.47. The summed E-state index contributed by atoms with van der Waals surface area (Å²) in [4.78, 5) is 9.50. The predicted molar refractivity (Wildman–Crippen MR) is 135 cm³/mol. The van der Waals surface area contributed by atoms with Gasteiger partial charge in [0.2, 0.25) is 0 Å². The van der Waals surface area contributed by atoms with Crippen molar-refractivity contribution in [3.63, 3.8) is 0 Å². The minimum absolute atomic E-state index is 0.924. The zero-order chi connectivity index (χ0) is 21.1. The van der Waals surface area contributed by atoms with Crippen molar-refractivity contribution < 1.29 is 0 Å². The Morgan fingerprint density at radius 1 is 0.719 bits per heavy atom. The Morgan fingerprint density at radius 2 is 1.59 bits per heavy atom. The highest BCUT2D eigenvalue weighted by Crippen LogP contribution is 2.39. The minimum Gasteiger partial charge on any atom is -0.293 e. The standard InChI is InChI=1S/C28H17N3S/c1-2-6-18(7-3-1)22-16-27(30-24-12-14-29-17-23(22)24)31-25-9-5-4-8-19(25)20-10-11-26-21(28(20)31)13-15-32-26/h1-17H. The smallest absolute Gasteiger partial charge is 0.138 e. The summed E-state index contributed by atoms with van der Waals surface area (Å²) >= 11 is 1.78. The normalized spacial score (nSPS) is 11.8. The molecule has 0 saturated heterocycles. The zero-order valence-electron chi connectivity index (χ0n) is 17.1. The highest BCUT2D eigenvalue weighted by atomic mass is 32.1. The number of nitrogens with zero attached hydrogens (tertiary/aromatic N) is 3. The highest BCUT2D eigenvalue weighted by molar-refractivity contribution is 7.17. The fourth-order valence-electron chi connectivity index (χ4n) is 4.77. The molecule has 0 aliphatic carbocycles. The van der Waals surface area contributed by atoms with Crippen LogP contribution in [-0.2, 0) is 0 Å². The fraction of sp³-hybridized carbons (Fsp3) is 0. The van der Waals surface area contributed by atoms with Crippen molar-refractivity contribution in [1.82, 2.24) is 14.5 Å². The van der Waals surface area contributed by atoms with Crippen LogP contribution in [0.15, 0.2) is 103 Å². The van der Waals surface area contributed by atoms with Gasteiger partial charge in [-0.05, 0) is 46.8 Å². The lowest BCUT2D eigenvalue weighted by Crippen LogP contribution is -1.99. The summed E-state index contributed by atoms with van der Waals surface area (Å²) in [6.07, 6.45) is 3.73. The number of hydrogen-bond donors (Lipinski definition) is 0. The lowest BCUT2D eigenvalue weighted by atomic mass is 10.0. The molecule has 0 aliphatic heterocycles. The third-order valence-electron chi connectivity index (χ3n) is 6.18. The summed E-state index contributed by atoms with van der Waals surface area (Å²) < 4.78 is 3.61. The number of thiophene rings is 1. The molecule has 0 aliphatic rings. The average Bonchev–Trinajstić information content (AvgIpc) is 3.46. The summed E-state index contributed by atoms with van der Waals surface area (Å²) in [5.74, 6) is 0.924. The number of hydrogen-bond acceptors (Lipinski definition) is 3. The highest BCUT2D eigenvalue weighted by Gasteiger charge is 2.17. The minimum atomic E-state index is 0.924. The number of rotatable bonds is 2. The molecule has 0 unspecified atom stereocenters. The van der Waals surface area contributed by atoms with Crippen molar-refractivity contribution in [1.29, 1.82) is 0 Å². The van der Waals surface area contributed by atoms with Crippen LogP contribution in [0, 0.1) is 0 Å². The van der Waals surface area contributed by atoms with Crippen molar-refractivity contribution in [2.45, 2.75) is 0 Å². The van der Waals surface area contributed by atoms with Gasteiger partial charge in [-0.2, -0.15) is 0 Å². The molecule has 4 aromatic heterocycles. The van der Waals surface area contributed by atoms with Crippen molar-refractivity contribution in [2.24, 2.45) is 0 Å². The van der Waals surface area contributed by atoms with Crippen molar-refractivity contribution in [3.8, 4) is 16.9 Å². The van der Waals surface area contributed by atoms with Gasteiger partial charge < -0.3 is 0 Å². The SMILES string of the molecule is c1ccc(-c2cc(-n3c4ccccc4c4ccc5sccc5c43)nc3ccncc23)cc1. The van der Waals surface area contributed by atoms with Crippen LogP contribution in [0.3, 0.4) is 0 Å². The first-order valence-electron chi connectivity index (χ1n) is 10.6. The van der Waals surface area contributed by atoms with E-state index in [2.05, 4.69) is 87.7 Å². The van der Waals surface area contributed by atoms with Gasteiger partial charge in [-0.25, -0.2) is 4.98 Å². The molecule has 3 aromatic carbocycles. The van der Waals surface area contributed by atoms with Gasteiger partial charge in [-0.3, -0.25) is 9.55 Å². The molecule has 0 atom stereocenters. The molecule has 0 radical (unpaired) electrons. The molecule has 7 rings (SSSR count). The summed E-state index contributed by atoms with van der Waals surface area (Å²) in [6.45, 7) is 0. The predicted octanol–water partition coefficient (Wildman–Crippen LogP) is 7.61. The maximum absolute atomic E-state index is 5.12. The number of aromatic nitrogens is 3. The Labute approximate surface area is 188 Å². The summed E-state index contributed by atoms with van der Waals surface area (Å²) in [7, 11) is 0. The van der Waals surface area contributed by atoms with Crippen molar-refractivity contribution in [2.75, 3.05) is 0 Å². The third-order valence-corrected chi connectivity index (χ3v) is 7.06. The van der Waals surface area contributed by atoms with Crippen LogP contribution in [0.1, 0.15) is 0 Å². The molecule has 0 spiro atoms. The van der Waals surface area contributed by atoms with Crippen LogP contribution in [0.2, 0.25) is 0 Å². The first kappa shape index (κ1) is 17.6. The molecular formula is C28H17N3S. The Kier molecular flexibility index (Phi) is 3.72. The maximum atomic E-state index is 5.12. The van der Waals surface area contributed by atoms with Crippen LogP contribution >= 0.6 is 11.3 Å². The molecule has 0 N–H and O–H groups in total. The second-order valence-corrected chi connectivity index (χ2v) is 8.88. The second kappa shape index (κ2) is 6.74.